The number of nitrogens with zero attached hydrogens (tertiary/aromatic N) is 2. The Kier molecular flexibility index (Phi) is 3.90. The number of hydrogen-bond acceptors (Lipinski definition) is 5. The van der Waals surface area contributed by atoms with Gasteiger partial charge in [0.25, 0.3) is 0 Å². The highest BCUT2D eigenvalue weighted by Crippen LogP contribution is 2.32. The highest BCUT2D eigenvalue weighted by molar-refractivity contribution is 6.45. The Balaban J connectivity index is 1.82. The van der Waals surface area contributed by atoms with Crippen LogP contribution in [0, 0.1) is 0 Å². The lowest BCUT2D eigenvalue weighted by atomic mass is 9.99. The lowest BCUT2D eigenvalue weighted by Crippen LogP contribution is -2.39. The number of ketones is 1. The van der Waals surface area contributed by atoms with Gasteiger partial charge in [-0.2, -0.15) is 0 Å². The number of hydrogen-bond donors (Lipinski definition) is 1. The van der Waals surface area contributed by atoms with E-state index >= 15 is 0 Å². The van der Waals surface area contributed by atoms with Gasteiger partial charge in [0.15, 0.2) is 5.78 Å². The van der Waals surface area contributed by atoms with Crippen LogP contribution in [0.3, 0.4) is 0 Å². The van der Waals surface area contributed by atoms with E-state index < -0.39 is 36.2 Å². The van der Waals surface area contributed by atoms with E-state index in [0.717, 1.165) is 4.90 Å². The average Bonchev–Trinajstić information content (AvgIpc) is 2.95. The minimum Gasteiger partial charge on any atom is -0.325 e. The molecule has 1 saturated heterocycles. The van der Waals surface area contributed by atoms with Crippen molar-refractivity contribution in [1.29, 1.82) is 0 Å². The molecule has 1 aromatic carbocycles. The van der Waals surface area contributed by atoms with Crippen molar-refractivity contribution in [3.63, 3.8) is 0 Å². The number of imide groups is 2. The molecule has 25 heavy (non-hydrogen) atoms. The number of amides is 5. The zero-order valence-corrected chi connectivity index (χ0v) is 14.0. The Bertz CT molecular complexity index is 830. The number of benzene rings is 1. The number of carbonyl (C=O) groups excluding carboxylic acids is 5. The van der Waals surface area contributed by atoms with E-state index in [9.17, 15) is 24.0 Å². The number of rotatable bonds is 4. The van der Waals surface area contributed by atoms with Crippen molar-refractivity contribution in [2.45, 2.75) is 32.7 Å². The number of nitrogens with one attached hydrogen (secondary N) is 1. The Hall–Kier alpha value is -3.03. The number of carbonyl (C=O) groups is 5. The minimum atomic E-state index is -1.00. The van der Waals surface area contributed by atoms with Crippen LogP contribution in [0.5, 0.6) is 0 Å². The van der Waals surface area contributed by atoms with Crippen LogP contribution in [0.4, 0.5) is 10.5 Å². The summed E-state index contributed by atoms with van der Waals surface area (Å²) in [5.74, 6) is -2.93. The maximum Gasteiger partial charge on any atom is 0.334 e. The summed E-state index contributed by atoms with van der Waals surface area (Å²) in [4.78, 5) is 61.7. The molecule has 2 aliphatic rings. The van der Waals surface area contributed by atoms with Gasteiger partial charge < -0.3 is 5.32 Å². The van der Waals surface area contributed by atoms with Crippen molar-refractivity contribution in [2.75, 3.05) is 11.9 Å². The Labute approximate surface area is 143 Å². The maximum atomic E-state index is 12.5. The Morgan fingerprint density at radius 3 is 2.44 bits per heavy atom. The number of urea groups is 1. The number of Topliss-reactive ketones (excluding diaryl/α,β-unsaturated/α-hetero) is 1. The third-order valence-electron chi connectivity index (χ3n) is 4.39. The molecule has 5 amide bonds. The summed E-state index contributed by atoms with van der Waals surface area (Å²) >= 11 is 0. The molecule has 0 unspecified atom stereocenters. The predicted molar refractivity (Wildman–Crippen MR) is 86.9 cm³/mol. The lowest BCUT2D eigenvalue weighted by Gasteiger charge is -2.18. The summed E-state index contributed by atoms with van der Waals surface area (Å²) in [7, 11) is 0. The zero-order valence-electron chi connectivity index (χ0n) is 14.0. The van der Waals surface area contributed by atoms with Crippen LogP contribution in [0.25, 0.3) is 0 Å². The van der Waals surface area contributed by atoms with E-state index in [4.69, 9.17) is 0 Å². The number of fused-ring (bicyclic) bond motifs is 1. The van der Waals surface area contributed by atoms with E-state index in [1.54, 1.807) is 32.9 Å². The SMILES string of the molecule is CC(C)N1C(=O)C(=O)N(CC(=O)c2ccc3c(c2)[C@H](C)C(=O)N3)C1=O. The van der Waals surface area contributed by atoms with E-state index in [1.165, 1.54) is 6.07 Å². The van der Waals surface area contributed by atoms with Crippen LogP contribution in [-0.4, -0.2) is 51.9 Å². The molecule has 0 aromatic heterocycles. The maximum absolute atomic E-state index is 12.5. The molecular weight excluding hydrogens is 326 g/mol. The molecule has 1 atom stereocenters. The molecule has 2 heterocycles. The monoisotopic (exact) mass is 343 g/mol. The molecular formula is C17H17N3O5. The summed E-state index contributed by atoms with van der Waals surface area (Å²) in [6, 6.07) is 3.45. The largest absolute Gasteiger partial charge is 0.334 e. The van der Waals surface area contributed by atoms with Gasteiger partial charge in [0, 0.05) is 17.3 Å². The van der Waals surface area contributed by atoms with Gasteiger partial charge in [0.05, 0.1) is 12.5 Å². The Morgan fingerprint density at radius 1 is 1.16 bits per heavy atom. The molecule has 0 bridgehead atoms. The van der Waals surface area contributed by atoms with Gasteiger partial charge in [0.2, 0.25) is 5.91 Å². The van der Waals surface area contributed by atoms with E-state index in [-0.39, 0.29) is 17.4 Å². The molecule has 2 aliphatic heterocycles. The van der Waals surface area contributed by atoms with Crippen LogP contribution >= 0.6 is 0 Å². The quantitative estimate of drug-likeness (QED) is 0.501. The van der Waals surface area contributed by atoms with E-state index in [1.807, 2.05) is 0 Å². The fourth-order valence-electron chi connectivity index (χ4n) is 2.94. The molecule has 8 heteroatoms. The first-order chi connectivity index (χ1) is 11.7. The van der Waals surface area contributed by atoms with Crippen molar-refractivity contribution in [2.24, 2.45) is 0 Å². The molecule has 1 aromatic rings. The number of anilines is 1. The minimum absolute atomic E-state index is 0.150. The highest BCUT2D eigenvalue weighted by Gasteiger charge is 2.46. The second-order valence-corrected chi connectivity index (χ2v) is 6.38. The average molecular weight is 343 g/mol. The molecule has 0 radical (unpaired) electrons. The summed E-state index contributed by atoms with van der Waals surface area (Å²) in [5.41, 5.74) is 1.61. The molecule has 3 rings (SSSR count). The van der Waals surface area contributed by atoms with Gasteiger partial charge in [0.1, 0.15) is 0 Å². The second kappa shape index (κ2) is 5.80. The smallest absolute Gasteiger partial charge is 0.325 e. The Morgan fingerprint density at radius 2 is 1.84 bits per heavy atom. The highest BCUT2D eigenvalue weighted by atomic mass is 16.2. The van der Waals surface area contributed by atoms with Crippen molar-refractivity contribution in [3.05, 3.63) is 29.3 Å². The van der Waals surface area contributed by atoms with Crippen molar-refractivity contribution < 1.29 is 24.0 Å². The summed E-state index contributed by atoms with van der Waals surface area (Å²) < 4.78 is 0. The van der Waals surface area contributed by atoms with Crippen LogP contribution in [0.2, 0.25) is 0 Å². The first-order valence-electron chi connectivity index (χ1n) is 7.89. The van der Waals surface area contributed by atoms with Crippen LogP contribution in [-0.2, 0) is 14.4 Å². The summed E-state index contributed by atoms with van der Waals surface area (Å²) in [6.45, 7) is 4.43. The van der Waals surface area contributed by atoms with Crippen molar-refractivity contribution in [1.82, 2.24) is 9.80 Å². The lowest BCUT2D eigenvalue weighted by molar-refractivity contribution is -0.143. The summed E-state index contributed by atoms with van der Waals surface area (Å²) in [5, 5.41) is 2.70. The zero-order chi connectivity index (χ0) is 18.5. The third-order valence-corrected chi connectivity index (χ3v) is 4.39. The van der Waals surface area contributed by atoms with Gasteiger partial charge in [-0.15, -0.1) is 0 Å². The standard InChI is InChI=1S/C17H17N3O5/c1-8(2)20-16(24)15(23)19(17(20)25)7-13(21)10-4-5-12-11(6-10)9(3)14(22)18-12/h4-6,8-9H,7H2,1-3H3,(H,18,22)/t9-/m0/s1. The van der Waals surface area contributed by atoms with Gasteiger partial charge in [-0.25, -0.2) is 9.69 Å². The van der Waals surface area contributed by atoms with Crippen LogP contribution < -0.4 is 5.32 Å². The van der Waals surface area contributed by atoms with Gasteiger partial charge in [-0.3, -0.25) is 24.1 Å². The fourth-order valence-corrected chi connectivity index (χ4v) is 2.94. The molecule has 0 spiro atoms. The normalized spacial score (nSPS) is 19.8. The van der Waals surface area contributed by atoms with E-state index in [2.05, 4.69) is 5.32 Å². The van der Waals surface area contributed by atoms with Crippen LogP contribution in [0.15, 0.2) is 18.2 Å². The van der Waals surface area contributed by atoms with Gasteiger partial charge in [-0.1, -0.05) is 0 Å². The fraction of sp³-hybridized carbons (Fsp3) is 0.353. The third kappa shape index (κ3) is 2.59. The molecule has 0 aliphatic carbocycles. The predicted octanol–water partition coefficient (Wildman–Crippen LogP) is 1.12. The molecule has 1 fully saturated rings. The summed E-state index contributed by atoms with van der Waals surface area (Å²) in [6.07, 6.45) is 0. The molecule has 0 saturated carbocycles. The first-order valence-corrected chi connectivity index (χ1v) is 7.89. The molecule has 8 nitrogen and oxygen atoms in total. The van der Waals surface area contributed by atoms with Gasteiger partial charge in [-0.05, 0) is 44.5 Å². The van der Waals surface area contributed by atoms with Crippen LogP contribution in [0.1, 0.15) is 42.6 Å². The molecule has 130 valence electrons. The topological polar surface area (TPSA) is 104 Å². The second-order valence-electron chi connectivity index (χ2n) is 6.38. The first kappa shape index (κ1) is 16.8. The van der Waals surface area contributed by atoms with Crippen molar-refractivity contribution in [3.8, 4) is 0 Å². The van der Waals surface area contributed by atoms with E-state index in [0.29, 0.717) is 16.2 Å². The molecule has 1 N–H and O–H groups in total. The van der Waals surface area contributed by atoms with Crippen molar-refractivity contribution >= 4 is 35.2 Å². The van der Waals surface area contributed by atoms with Gasteiger partial charge >= 0.3 is 17.8 Å².